The van der Waals surface area contributed by atoms with Gasteiger partial charge < -0.3 is 18.3 Å². The van der Waals surface area contributed by atoms with E-state index in [1.807, 2.05) is 0 Å². The van der Waals surface area contributed by atoms with Crippen molar-refractivity contribution >= 4 is 82.4 Å². The number of aromatic nitrogens is 4. The average Bonchev–Trinajstić information content (AvgIpc) is 4.09. The van der Waals surface area contributed by atoms with Crippen LogP contribution in [0.25, 0.3) is 116 Å². The first kappa shape index (κ1) is 35.3. The molecule has 1 aliphatic rings. The molecule has 13 aromatic rings. The van der Waals surface area contributed by atoms with Crippen molar-refractivity contribution in [2.45, 2.75) is 12.8 Å². The van der Waals surface area contributed by atoms with Crippen LogP contribution < -0.4 is 0 Å². The largest absolute Gasteiger partial charge is 0.313 e. The number of para-hydroxylation sites is 7. The molecule has 0 fully saturated rings. The quantitative estimate of drug-likeness (QED) is 0.165. The lowest BCUT2D eigenvalue weighted by molar-refractivity contribution is 0.888. The second-order valence-electron chi connectivity index (χ2n) is 17.2. The van der Waals surface area contributed by atoms with E-state index in [1.165, 1.54) is 87.6 Å². The molecular weight excluding hydrogens is 777 g/mol. The molecule has 0 amide bonds. The standard InChI is InChI=1S/C60H40N4/c1-9-25-53-45(17-1)46-18-2-10-26-54(46)61(53)41-33-39(34-42(37-41)62-55-27-11-3-19-47(55)48-20-4-12-28-56(48)62)40-35-43(63-57-29-13-5-21-49(57)50-22-6-14-30-58(50)63)38-44(36-40)64-59-31-15-7-23-51(59)52-24-8-16-32-60(52)64/h1-15,17-31,33-38H,16,32H2. The van der Waals surface area contributed by atoms with E-state index in [-0.39, 0.29) is 0 Å². The van der Waals surface area contributed by atoms with Gasteiger partial charge in [-0.05, 0) is 103 Å². The van der Waals surface area contributed by atoms with Crippen LogP contribution in [0.2, 0.25) is 0 Å². The highest BCUT2D eigenvalue weighted by Crippen LogP contribution is 2.42. The van der Waals surface area contributed by atoms with E-state index < -0.39 is 0 Å². The van der Waals surface area contributed by atoms with E-state index in [0.717, 1.165) is 46.7 Å². The summed E-state index contributed by atoms with van der Waals surface area (Å²) in [7, 11) is 0. The second-order valence-corrected chi connectivity index (χ2v) is 17.2. The predicted octanol–water partition coefficient (Wildman–Crippen LogP) is 15.5. The Morgan fingerprint density at radius 3 is 0.906 bits per heavy atom. The maximum atomic E-state index is 2.54. The number of rotatable bonds is 5. The molecule has 300 valence electrons. The average molecular weight is 817 g/mol. The van der Waals surface area contributed by atoms with Gasteiger partial charge in [-0.15, -0.1) is 0 Å². The highest BCUT2D eigenvalue weighted by atomic mass is 15.0. The number of hydrogen-bond acceptors (Lipinski definition) is 0. The third-order valence-corrected chi connectivity index (χ3v) is 13.8. The molecule has 0 bridgehead atoms. The van der Waals surface area contributed by atoms with Crippen molar-refractivity contribution in [3.63, 3.8) is 0 Å². The number of allylic oxidation sites excluding steroid dienone is 1. The zero-order valence-corrected chi connectivity index (χ0v) is 35.0. The summed E-state index contributed by atoms with van der Waals surface area (Å²) in [5.41, 5.74) is 17.9. The molecule has 9 aromatic carbocycles. The zero-order valence-electron chi connectivity index (χ0n) is 35.0. The Morgan fingerprint density at radius 1 is 0.281 bits per heavy atom. The minimum atomic E-state index is 0.983. The Morgan fingerprint density at radius 2 is 0.562 bits per heavy atom. The molecule has 4 heteroatoms. The first-order chi connectivity index (χ1) is 31.8. The molecule has 0 unspecified atom stereocenters. The van der Waals surface area contributed by atoms with E-state index in [4.69, 9.17) is 0 Å². The molecule has 4 nitrogen and oxygen atoms in total. The van der Waals surface area contributed by atoms with E-state index in [9.17, 15) is 0 Å². The van der Waals surface area contributed by atoms with Gasteiger partial charge in [-0.3, -0.25) is 0 Å². The molecule has 1 aliphatic carbocycles. The van der Waals surface area contributed by atoms with Gasteiger partial charge in [-0.2, -0.15) is 0 Å². The molecule has 0 spiro atoms. The van der Waals surface area contributed by atoms with Crippen molar-refractivity contribution in [2.24, 2.45) is 0 Å². The highest BCUT2D eigenvalue weighted by molar-refractivity contribution is 6.12. The molecule has 0 atom stereocenters. The summed E-state index contributed by atoms with van der Waals surface area (Å²) in [6, 6.07) is 76.4. The summed E-state index contributed by atoms with van der Waals surface area (Å²) in [6.07, 6.45) is 6.67. The van der Waals surface area contributed by atoms with Crippen LogP contribution in [0.1, 0.15) is 17.7 Å². The predicted molar refractivity (Wildman–Crippen MR) is 269 cm³/mol. The maximum absolute atomic E-state index is 2.54. The fourth-order valence-corrected chi connectivity index (χ4v) is 11.1. The van der Waals surface area contributed by atoms with Gasteiger partial charge in [-0.1, -0.05) is 140 Å². The normalized spacial score (nSPS) is 12.8. The van der Waals surface area contributed by atoms with Crippen molar-refractivity contribution in [2.75, 3.05) is 0 Å². The Labute approximate surface area is 369 Å². The Hall–Kier alpha value is -8.34. The molecule has 4 aromatic heterocycles. The Balaban J connectivity index is 1.12. The minimum absolute atomic E-state index is 0.983. The molecule has 0 aliphatic heterocycles. The Bertz CT molecular complexity index is 3800. The van der Waals surface area contributed by atoms with E-state index >= 15 is 0 Å². The Kier molecular flexibility index (Phi) is 7.48. The number of fused-ring (bicyclic) bond motifs is 12. The van der Waals surface area contributed by atoms with Crippen molar-refractivity contribution in [1.82, 2.24) is 18.3 Å². The lowest BCUT2D eigenvalue weighted by Crippen LogP contribution is -2.05. The molecule has 0 saturated carbocycles. The molecular formula is C60H40N4. The van der Waals surface area contributed by atoms with Crippen LogP contribution in [-0.4, -0.2) is 18.3 Å². The zero-order chi connectivity index (χ0) is 41.9. The maximum Gasteiger partial charge on any atom is 0.0541 e. The molecule has 4 heterocycles. The third kappa shape index (κ3) is 5.05. The SMILES string of the molecule is C1=Cc2c(n(-c3cc(-c4cc(-n5c6ccccc6c6ccccc65)cc(-n5c6ccccc6c6ccccc65)c4)cc(-n4c5ccccc5c5ccccc54)c3)c3ccccc23)CC1. The van der Waals surface area contributed by atoms with Crippen molar-refractivity contribution < 1.29 is 0 Å². The molecule has 0 radical (unpaired) electrons. The lowest BCUT2D eigenvalue weighted by atomic mass is 10.0. The highest BCUT2D eigenvalue weighted by Gasteiger charge is 2.22. The monoisotopic (exact) mass is 816 g/mol. The summed E-state index contributed by atoms with van der Waals surface area (Å²) in [6.45, 7) is 0. The van der Waals surface area contributed by atoms with Gasteiger partial charge in [0.05, 0.1) is 38.6 Å². The van der Waals surface area contributed by atoms with Crippen LogP contribution in [0.5, 0.6) is 0 Å². The van der Waals surface area contributed by atoms with Gasteiger partial charge >= 0.3 is 0 Å². The summed E-state index contributed by atoms with van der Waals surface area (Å²) in [5, 5.41) is 8.78. The fraction of sp³-hybridized carbons (Fsp3) is 0.0333. The summed E-state index contributed by atoms with van der Waals surface area (Å²) in [5.74, 6) is 0. The van der Waals surface area contributed by atoms with E-state index in [2.05, 4.69) is 237 Å². The van der Waals surface area contributed by atoms with Crippen LogP contribution in [0, 0.1) is 0 Å². The third-order valence-electron chi connectivity index (χ3n) is 13.8. The van der Waals surface area contributed by atoms with E-state index in [0.29, 0.717) is 0 Å². The van der Waals surface area contributed by atoms with Gasteiger partial charge in [0.1, 0.15) is 0 Å². The van der Waals surface area contributed by atoms with Crippen molar-refractivity contribution in [3.8, 4) is 33.9 Å². The van der Waals surface area contributed by atoms with Gasteiger partial charge in [0.25, 0.3) is 0 Å². The van der Waals surface area contributed by atoms with Crippen LogP contribution in [0.15, 0.2) is 212 Å². The summed E-state index contributed by atoms with van der Waals surface area (Å²) in [4.78, 5) is 0. The number of nitrogens with zero attached hydrogens (tertiary/aromatic N) is 4. The van der Waals surface area contributed by atoms with Crippen molar-refractivity contribution in [1.29, 1.82) is 0 Å². The summed E-state index contributed by atoms with van der Waals surface area (Å²) >= 11 is 0. The lowest BCUT2D eigenvalue weighted by Gasteiger charge is -2.19. The van der Waals surface area contributed by atoms with Crippen molar-refractivity contribution in [3.05, 3.63) is 224 Å². The van der Waals surface area contributed by atoms with Gasteiger partial charge in [0.2, 0.25) is 0 Å². The van der Waals surface area contributed by atoms with E-state index in [1.54, 1.807) is 0 Å². The minimum Gasteiger partial charge on any atom is -0.313 e. The number of hydrogen-bond donors (Lipinski definition) is 0. The smallest absolute Gasteiger partial charge is 0.0541 e. The first-order valence-corrected chi connectivity index (χ1v) is 22.3. The topological polar surface area (TPSA) is 19.7 Å². The van der Waals surface area contributed by atoms with Gasteiger partial charge in [-0.25, -0.2) is 0 Å². The number of benzene rings is 9. The van der Waals surface area contributed by atoms with Crippen LogP contribution in [0.4, 0.5) is 0 Å². The second kappa shape index (κ2) is 13.6. The van der Waals surface area contributed by atoms with Crippen LogP contribution in [-0.2, 0) is 6.42 Å². The van der Waals surface area contributed by atoms with Gasteiger partial charge in [0, 0.05) is 71.7 Å². The van der Waals surface area contributed by atoms with Gasteiger partial charge in [0.15, 0.2) is 0 Å². The summed E-state index contributed by atoms with van der Waals surface area (Å²) < 4.78 is 9.94. The molecule has 14 rings (SSSR count). The molecule has 64 heavy (non-hydrogen) atoms. The molecule has 0 N–H and O–H groups in total. The first-order valence-electron chi connectivity index (χ1n) is 22.3. The molecule has 0 saturated heterocycles. The fourth-order valence-electron chi connectivity index (χ4n) is 11.1. The van der Waals surface area contributed by atoms with Crippen LogP contribution >= 0.6 is 0 Å². The van der Waals surface area contributed by atoms with Crippen LogP contribution in [0.3, 0.4) is 0 Å².